The van der Waals surface area contributed by atoms with Crippen LogP contribution in [0.4, 0.5) is 5.69 Å². The van der Waals surface area contributed by atoms with Crippen molar-refractivity contribution < 1.29 is 8.42 Å². The van der Waals surface area contributed by atoms with Crippen LogP contribution >= 0.6 is 0 Å². The van der Waals surface area contributed by atoms with Gasteiger partial charge >= 0.3 is 0 Å². The zero-order chi connectivity index (χ0) is 17.0. The van der Waals surface area contributed by atoms with Gasteiger partial charge in [-0.1, -0.05) is 11.6 Å². The van der Waals surface area contributed by atoms with Crippen LogP contribution in [0.1, 0.15) is 23.1 Å². The number of nitrogens with zero attached hydrogens (tertiary/aromatic N) is 2. The number of aryl methyl sites for hydroxylation is 2. The van der Waals surface area contributed by atoms with E-state index in [4.69, 9.17) is 0 Å². The Morgan fingerprint density at radius 3 is 2.65 bits per heavy atom. The Kier molecular flexibility index (Phi) is 5.19. The average molecular weight is 332 g/mol. The lowest BCUT2D eigenvalue weighted by atomic mass is 10.0. The highest BCUT2D eigenvalue weighted by molar-refractivity contribution is 7.88. The van der Waals surface area contributed by atoms with Gasteiger partial charge in [0.15, 0.2) is 0 Å². The molecular weight excluding hydrogens is 312 g/mol. The summed E-state index contributed by atoms with van der Waals surface area (Å²) in [5.41, 5.74) is 4.27. The first-order valence-electron chi connectivity index (χ1n) is 7.30. The van der Waals surface area contributed by atoms with E-state index >= 15 is 0 Å². The van der Waals surface area contributed by atoms with Gasteiger partial charge in [-0.3, -0.25) is 4.98 Å². The molecule has 0 spiro atoms. The molecule has 1 heterocycles. The summed E-state index contributed by atoms with van der Waals surface area (Å²) >= 11 is 0. The first kappa shape index (κ1) is 17.2. The minimum Gasteiger partial charge on any atom is -0.383 e. The molecule has 0 aliphatic carbocycles. The Morgan fingerprint density at radius 1 is 1.26 bits per heavy atom. The fourth-order valence-electron chi connectivity index (χ4n) is 2.50. The van der Waals surface area contributed by atoms with Crippen LogP contribution < -0.4 is 10.0 Å². The van der Waals surface area contributed by atoms with E-state index in [1.807, 2.05) is 19.9 Å². The van der Waals surface area contributed by atoms with Crippen molar-refractivity contribution in [3.05, 3.63) is 35.0 Å². The van der Waals surface area contributed by atoms with Crippen LogP contribution in [0.2, 0.25) is 0 Å². The number of hydrogen-bond donors (Lipinski definition) is 2. The topological polar surface area (TPSA) is 94.9 Å². The van der Waals surface area contributed by atoms with E-state index in [0.29, 0.717) is 25.1 Å². The fraction of sp³-hybridized carbons (Fsp3) is 0.375. The van der Waals surface area contributed by atoms with E-state index in [0.717, 1.165) is 34.0 Å². The van der Waals surface area contributed by atoms with Gasteiger partial charge in [0.05, 0.1) is 23.0 Å². The van der Waals surface area contributed by atoms with Gasteiger partial charge in [-0.2, -0.15) is 5.26 Å². The highest BCUT2D eigenvalue weighted by Crippen LogP contribution is 2.28. The maximum Gasteiger partial charge on any atom is 0.208 e. The molecule has 0 bridgehead atoms. The zero-order valence-corrected chi connectivity index (χ0v) is 14.3. The minimum atomic E-state index is -3.17. The Hall–Kier alpha value is -2.17. The second kappa shape index (κ2) is 6.94. The Morgan fingerprint density at radius 2 is 2.00 bits per heavy atom. The smallest absolute Gasteiger partial charge is 0.208 e. The molecule has 0 fully saturated rings. The van der Waals surface area contributed by atoms with Gasteiger partial charge in [0.25, 0.3) is 0 Å². The molecule has 2 aromatic rings. The summed E-state index contributed by atoms with van der Waals surface area (Å²) in [7, 11) is -3.17. The van der Waals surface area contributed by atoms with Crippen LogP contribution in [0.3, 0.4) is 0 Å². The number of benzene rings is 1. The molecule has 0 saturated heterocycles. The van der Waals surface area contributed by atoms with Crippen molar-refractivity contribution in [2.75, 3.05) is 24.7 Å². The molecular formula is C16H20N4O2S. The maximum absolute atomic E-state index is 11.0. The fourth-order valence-corrected chi connectivity index (χ4v) is 3.01. The van der Waals surface area contributed by atoms with Gasteiger partial charge in [-0.05, 0) is 31.9 Å². The molecule has 0 saturated carbocycles. The molecule has 6 nitrogen and oxygen atoms in total. The van der Waals surface area contributed by atoms with E-state index in [1.54, 1.807) is 6.20 Å². The number of rotatable bonds is 6. The van der Waals surface area contributed by atoms with Gasteiger partial charge < -0.3 is 5.32 Å². The lowest BCUT2D eigenvalue weighted by Crippen LogP contribution is -2.24. The quantitative estimate of drug-likeness (QED) is 0.790. The number of aromatic nitrogens is 1. The number of pyridine rings is 1. The first-order valence-corrected chi connectivity index (χ1v) is 9.19. The van der Waals surface area contributed by atoms with Crippen molar-refractivity contribution in [2.45, 2.75) is 20.3 Å². The van der Waals surface area contributed by atoms with Crippen LogP contribution in [0.25, 0.3) is 10.9 Å². The molecule has 1 aromatic heterocycles. The number of fused-ring (bicyclic) bond motifs is 1. The summed E-state index contributed by atoms with van der Waals surface area (Å²) in [6.07, 6.45) is 3.32. The first-order chi connectivity index (χ1) is 10.8. The Bertz CT molecular complexity index is 870. The number of nitrogens with one attached hydrogen (secondary N) is 2. The lowest BCUT2D eigenvalue weighted by Gasteiger charge is -2.13. The van der Waals surface area contributed by atoms with Gasteiger partial charge in [-0.15, -0.1) is 0 Å². The predicted molar refractivity (Wildman–Crippen MR) is 91.9 cm³/mol. The third-order valence-corrected chi connectivity index (χ3v) is 4.17. The molecule has 0 unspecified atom stereocenters. The van der Waals surface area contributed by atoms with E-state index in [-0.39, 0.29) is 0 Å². The number of sulfonamides is 1. The highest BCUT2D eigenvalue weighted by atomic mass is 32.2. The van der Waals surface area contributed by atoms with Crippen LogP contribution in [-0.4, -0.2) is 32.7 Å². The second-order valence-corrected chi connectivity index (χ2v) is 7.42. The Labute approximate surface area is 136 Å². The SMILES string of the molecule is Cc1cc(C)c2ncc(C#N)c(NCCCNS(C)(=O)=O)c2c1. The van der Waals surface area contributed by atoms with Gasteiger partial charge in [0, 0.05) is 24.7 Å². The van der Waals surface area contributed by atoms with Crippen molar-refractivity contribution >= 4 is 26.6 Å². The molecule has 0 aliphatic heterocycles. The molecule has 0 aliphatic rings. The third-order valence-electron chi connectivity index (χ3n) is 3.45. The molecule has 0 radical (unpaired) electrons. The van der Waals surface area contributed by atoms with Crippen molar-refractivity contribution in [1.29, 1.82) is 5.26 Å². The lowest BCUT2D eigenvalue weighted by molar-refractivity contribution is 0.586. The molecule has 1 aromatic carbocycles. The summed E-state index contributed by atoms with van der Waals surface area (Å²) in [5, 5.41) is 13.5. The summed E-state index contributed by atoms with van der Waals surface area (Å²) in [5.74, 6) is 0. The van der Waals surface area contributed by atoms with E-state index in [2.05, 4.69) is 27.2 Å². The van der Waals surface area contributed by atoms with Gasteiger partial charge in [-0.25, -0.2) is 13.1 Å². The largest absolute Gasteiger partial charge is 0.383 e. The molecule has 122 valence electrons. The second-order valence-electron chi connectivity index (χ2n) is 5.58. The third kappa shape index (κ3) is 4.41. The summed E-state index contributed by atoms with van der Waals surface area (Å²) in [4.78, 5) is 4.38. The average Bonchev–Trinajstić information content (AvgIpc) is 2.45. The van der Waals surface area contributed by atoms with E-state index in [9.17, 15) is 13.7 Å². The normalized spacial score (nSPS) is 11.4. The number of hydrogen-bond acceptors (Lipinski definition) is 5. The minimum absolute atomic E-state index is 0.356. The monoisotopic (exact) mass is 332 g/mol. The molecule has 23 heavy (non-hydrogen) atoms. The van der Waals surface area contributed by atoms with Crippen molar-refractivity contribution in [3.63, 3.8) is 0 Å². The standard InChI is InChI=1S/C16H20N4O2S/c1-11-7-12(2)15-14(8-11)16(13(9-17)10-19-15)18-5-4-6-20-23(3,21)22/h7-8,10,20H,4-6H2,1-3H3,(H,18,19). The van der Waals surface area contributed by atoms with Crippen LogP contribution in [0.5, 0.6) is 0 Å². The van der Waals surface area contributed by atoms with Crippen molar-refractivity contribution in [1.82, 2.24) is 9.71 Å². The predicted octanol–water partition coefficient (Wildman–Crippen LogP) is 2.07. The maximum atomic E-state index is 11.0. The number of nitriles is 1. The van der Waals surface area contributed by atoms with Crippen molar-refractivity contribution in [2.24, 2.45) is 0 Å². The summed E-state index contributed by atoms with van der Waals surface area (Å²) < 4.78 is 24.5. The molecule has 2 rings (SSSR count). The zero-order valence-electron chi connectivity index (χ0n) is 13.5. The van der Waals surface area contributed by atoms with Gasteiger partial charge in [0.1, 0.15) is 6.07 Å². The van der Waals surface area contributed by atoms with Crippen LogP contribution in [0.15, 0.2) is 18.3 Å². The van der Waals surface area contributed by atoms with Crippen LogP contribution in [0, 0.1) is 25.2 Å². The number of anilines is 1. The van der Waals surface area contributed by atoms with E-state index < -0.39 is 10.0 Å². The summed E-state index contributed by atoms with van der Waals surface area (Å²) in [6, 6.07) is 6.22. The summed E-state index contributed by atoms with van der Waals surface area (Å²) in [6.45, 7) is 4.91. The molecule has 0 atom stereocenters. The Balaban J connectivity index is 2.23. The highest BCUT2D eigenvalue weighted by Gasteiger charge is 2.10. The van der Waals surface area contributed by atoms with E-state index in [1.165, 1.54) is 0 Å². The van der Waals surface area contributed by atoms with Crippen molar-refractivity contribution in [3.8, 4) is 6.07 Å². The molecule has 0 amide bonds. The molecule has 2 N–H and O–H groups in total. The van der Waals surface area contributed by atoms with Gasteiger partial charge in [0.2, 0.25) is 10.0 Å². The molecule has 7 heteroatoms. The van der Waals surface area contributed by atoms with Crippen LogP contribution in [-0.2, 0) is 10.0 Å².